The van der Waals surface area contributed by atoms with Crippen molar-refractivity contribution in [2.24, 2.45) is 0 Å². The zero-order valence-corrected chi connectivity index (χ0v) is 10.7. The summed E-state index contributed by atoms with van der Waals surface area (Å²) in [6.45, 7) is 8.32. The molecule has 1 unspecified atom stereocenters. The Bertz CT molecular complexity index is 350. The van der Waals surface area contributed by atoms with Gasteiger partial charge in [-0.15, -0.1) is 0 Å². The van der Waals surface area contributed by atoms with Gasteiger partial charge in [-0.05, 0) is 25.2 Å². The van der Waals surface area contributed by atoms with E-state index < -0.39 is 0 Å². The maximum Gasteiger partial charge on any atom is 0.161 e. The summed E-state index contributed by atoms with van der Waals surface area (Å²) >= 11 is 0. The SMILES string of the molecule is CCN(CC)CCC1COc2ccccc2O1. The highest BCUT2D eigenvalue weighted by Crippen LogP contribution is 2.31. The maximum atomic E-state index is 5.92. The molecule has 0 bridgehead atoms. The molecular weight excluding hydrogens is 214 g/mol. The number of para-hydroxylation sites is 2. The molecule has 1 aliphatic rings. The van der Waals surface area contributed by atoms with Gasteiger partial charge in [-0.3, -0.25) is 0 Å². The van der Waals surface area contributed by atoms with Crippen LogP contribution in [0.15, 0.2) is 24.3 Å². The quantitative estimate of drug-likeness (QED) is 0.783. The highest BCUT2D eigenvalue weighted by atomic mass is 16.6. The van der Waals surface area contributed by atoms with Gasteiger partial charge in [0, 0.05) is 13.0 Å². The van der Waals surface area contributed by atoms with Gasteiger partial charge in [-0.2, -0.15) is 0 Å². The molecule has 1 aromatic rings. The zero-order chi connectivity index (χ0) is 12.1. The Morgan fingerprint density at radius 1 is 1.18 bits per heavy atom. The molecule has 3 nitrogen and oxygen atoms in total. The minimum absolute atomic E-state index is 0.186. The zero-order valence-electron chi connectivity index (χ0n) is 10.7. The number of fused-ring (bicyclic) bond motifs is 1. The molecule has 0 saturated carbocycles. The van der Waals surface area contributed by atoms with E-state index in [0.29, 0.717) is 6.61 Å². The molecule has 17 heavy (non-hydrogen) atoms. The average molecular weight is 235 g/mol. The number of nitrogens with zero attached hydrogens (tertiary/aromatic N) is 1. The van der Waals surface area contributed by atoms with E-state index in [0.717, 1.165) is 37.6 Å². The Labute approximate surface area is 103 Å². The second-order valence-corrected chi connectivity index (χ2v) is 4.31. The van der Waals surface area contributed by atoms with Crippen LogP contribution in [-0.2, 0) is 0 Å². The van der Waals surface area contributed by atoms with Crippen LogP contribution in [0.5, 0.6) is 11.5 Å². The molecule has 0 amide bonds. The van der Waals surface area contributed by atoms with Crippen molar-refractivity contribution in [3.05, 3.63) is 24.3 Å². The van der Waals surface area contributed by atoms with Crippen LogP contribution in [0.3, 0.4) is 0 Å². The molecule has 0 N–H and O–H groups in total. The van der Waals surface area contributed by atoms with Gasteiger partial charge in [0.15, 0.2) is 11.5 Å². The van der Waals surface area contributed by atoms with E-state index in [1.165, 1.54) is 0 Å². The van der Waals surface area contributed by atoms with E-state index in [4.69, 9.17) is 9.47 Å². The lowest BCUT2D eigenvalue weighted by Crippen LogP contribution is -2.34. The third-order valence-corrected chi connectivity index (χ3v) is 3.23. The topological polar surface area (TPSA) is 21.7 Å². The number of benzene rings is 1. The molecule has 3 heteroatoms. The van der Waals surface area contributed by atoms with Crippen LogP contribution < -0.4 is 9.47 Å². The normalized spacial score (nSPS) is 18.4. The van der Waals surface area contributed by atoms with Gasteiger partial charge in [-0.25, -0.2) is 0 Å². The summed E-state index contributed by atoms with van der Waals surface area (Å²) in [5.74, 6) is 1.75. The Kier molecular flexibility index (Phi) is 4.26. The molecule has 2 rings (SSSR count). The first-order valence-electron chi connectivity index (χ1n) is 6.44. The van der Waals surface area contributed by atoms with E-state index in [1.807, 2.05) is 24.3 Å². The predicted molar refractivity (Wildman–Crippen MR) is 68.8 cm³/mol. The van der Waals surface area contributed by atoms with Crippen LogP contribution in [0.2, 0.25) is 0 Å². The smallest absolute Gasteiger partial charge is 0.161 e. The first-order valence-corrected chi connectivity index (χ1v) is 6.44. The van der Waals surface area contributed by atoms with Gasteiger partial charge in [0.1, 0.15) is 12.7 Å². The molecule has 1 atom stereocenters. The van der Waals surface area contributed by atoms with E-state index in [-0.39, 0.29) is 6.10 Å². The van der Waals surface area contributed by atoms with E-state index in [2.05, 4.69) is 18.7 Å². The summed E-state index contributed by atoms with van der Waals surface area (Å²) in [5, 5.41) is 0. The van der Waals surface area contributed by atoms with Crippen LogP contribution in [0.25, 0.3) is 0 Å². The molecule has 0 spiro atoms. The van der Waals surface area contributed by atoms with Crippen molar-refractivity contribution < 1.29 is 9.47 Å². The van der Waals surface area contributed by atoms with E-state index in [9.17, 15) is 0 Å². The monoisotopic (exact) mass is 235 g/mol. The first-order chi connectivity index (χ1) is 8.33. The number of rotatable bonds is 5. The van der Waals surface area contributed by atoms with Crippen molar-refractivity contribution in [1.29, 1.82) is 0 Å². The van der Waals surface area contributed by atoms with E-state index >= 15 is 0 Å². The summed E-state index contributed by atoms with van der Waals surface area (Å²) in [5.41, 5.74) is 0. The van der Waals surface area contributed by atoms with Crippen LogP contribution in [-0.4, -0.2) is 37.2 Å². The molecule has 1 heterocycles. The third kappa shape index (κ3) is 3.13. The Balaban J connectivity index is 1.86. The van der Waals surface area contributed by atoms with Crippen LogP contribution in [0, 0.1) is 0 Å². The molecule has 0 radical (unpaired) electrons. The Hall–Kier alpha value is -1.22. The van der Waals surface area contributed by atoms with Crippen molar-refractivity contribution in [2.75, 3.05) is 26.2 Å². The molecule has 0 saturated heterocycles. The Morgan fingerprint density at radius 2 is 1.88 bits per heavy atom. The fraction of sp³-hybridized carbons (Fsp3) is 0.571. The van der Waals surface area contributed by atoms with Gasteiger partial charge in [0.05, 0.1) is 0 Å². The first kappa shape index (κ1) is 12.2. The molecule has 1 aromatic carbocycles. The number of hydrogen-bond acceptors (Lipinski definition) is 3. The lowest BCUT2D eigenvalue weighted by Gasteiger charge is -2.28. The standard InChI is InChI=1S/C14H21NO2/c1-3-15(4-2)10-9-12-11-16-13-7-5-6-8-14(13)17-12/h5-8,12H,3-4,9-11H2,1-2H3. The van der Waals surface area contributed by atoms with Crippen molar-refractivity contribution in [3.63, 3.8) is 0 Å². The van der Waals surface area contributed by atoms with Crippen LogP contribution >= 0.6 is 0 Å². The highest BCUT2D eigenvalue weighted by Gasteiger charge is 2.20. The number of ether oxygens (including phenoxy) is 2. The number of hydrogen-bond donors (Lipinski definition) is 0. The van der Waals surface area contributed by atoms with Gasteiger partial charge in [0.2, 0.25) is 0 Å². The maximum absolute atomic E-state index is 5.92. The predicted octanol–water partition coefficient (Wildman–Crippen LogP) is 2.56. The lowest BCUT2D eigenvalue weighted by molar-refractivity contribution is 0.0761. The van der Waals surface area contributed by atoms with E-state index in [1.54, 1.807) is 0 Å². The molecular formula is C14H21NO2. The summed E-state index contributed by atoms with van der Waals surface area (Å²) in [6, 6.07) is 7.88. The second-order valence-electron chi connectivity index (χ2n) is 4.31. The molecule has 94 valence electrons. The minimum Gasteiger partial charge on any atom is -0.486 e. The molecule has 1 aliphatic heterocycles. The van der Waals surface area contributed by atoms with Gasteiger partial charge >= 0.3 is 0 Å². The largest absolute Gasteiger partial charge is 0.486 e. The van der Waals surface area contributed by atoms with Crippen molar-refractivity contribution in [2.45, 2.75) is 26.4 Å². The average Bonchev–Trinajstić information content (AvgIpc) is 2.40. The lowest BCUT2D eigenvalue weighted by atomic mass is 10.2. The summed E-state index contributed by atoms with van der Waals surface area (Å²) in [6.07, 6.45) is 1.21. The van der Waals surface area contributed by atoms with Crippen molar-refractivity contribution in [3.8, 4) is 11.5 Å². The van der Waals surface area contributed by atoms with Gasteiger partial charge < -0.3 is 14.4 Å². The fourth-order valence-corrected chi connectivity index (χ4v) is 2.07. The second kappa shape index (κ2) is 5.92. The van der Waals surface area contributed by atoms with Crippen LogP contribution in [0.4, 0.5) is 0 Å². The minimum atomic E-state index is 0.186. The third-order valence-electron chi connectivity index (χ3n) is 3.23. The summed E-state index contributed by atoms with van der Waals surface area (Å²) in [4.78, 5) is 2.41. The molecule has 0 aliphatic carbocycles. The van der Waals surface area contributed by atoms with Gasteiger partial charge in [0.25, 0.3) is 0 Å². The van der Waals surface area contributed by atoms with Crippen molar-refractivity contribution >= 4 is 0 Å². The molecule has 0 aromatic heterocycles. The fourth-order valence-electron chi connectivity index (χ4n) is 2.07. The Morgan fingerprint density at radius 3 is 2.59 bits per heavy atom. The summed E-state index contributed by atoms with van der Waals surface area (Å²) < 4.78 is 11.6. The highest BCUT2D eigenvalue weighted by molar-refractivity contribution is 5.40. The summed E-state index contributed by atoms with van der Waals surface area (Å²) in [7, 11) is 0. The van der Waals surface area contributed by atoms with Crippen molar-refractivity contribution in [1.82, 2.24) is 4.90 Å². The van der Waals surface area contributed by atoms with Gasteiger partial charge in [-0.1, -0.05) is 26.0 Å². The van der Waals surface area contributed by atoms with Crippen LogP contribution in [0.1, 0.15) is 20.3 Å². The molecule has 0 fully saturated rings.